The summed E-state index contributed by atoms with van der Waals surface area (Å²) in [5, 5.41) is 0. The number of halogens is 1. The van der Waals surface area contributed by atoms with Gasteiger partial charge in [-0.25, -0.2) is 33.5 Å². The molecule has 4 aromatic rings. The second kappa shape index (κ2) is 12.0. The topological polar surface area (TPSA) is 253 Å². The number of hydrogen-bond acceptors (Lipinski definition) is 18. The van der Waals surface area contributed by atoms with Gasteiger partial charge >= 0.3 is 13.6 Å². The van der Waals surface area contributed by atoms with Crippen LogP contribution in [-0.4, -0.2) is 90.9 Å². The number of hydrogen-bond donors (Lipinski definition) is 5. The van der Waals surface area contributed by atoms with E-state index >= 15 is 4.39 Å². The normalized spacial score (nSPS) is 37.1. The van der Waals surface area contributed by atoms with E-state index in [4.69, 9.17) is 43.8 Å². The lowest BCUT2D eigenvalue weighted by Crippen LogP contribution is -2.36. The van der Waals surface area contributed by atoms with E-state index < -0.39 is 81.4 Å². The summed E-state index contributed by atoms with van der Waals surface area (Å²) in [4.78, 5) is 31.3. The molecule has 0 radical (unpaired) electrons. The maximum Gasteiger partial charge on any atom is 0.386 e. The molecule has 0 amide bonds. The molecule has 46 heavy (non-hydrogen) atoms. The minimum atomic E-state index is -4.35. The Labute approximate surface area is 271 Å². The predicted molar refractivity (Wildman–Crippen MR) is 164 cm³/mol. The lowest BCUT2D eigenvalue weighted by Gasteiger charge is -2.26. The van der Waals surface area contributed by atoms with E-state index in [-0.39, 0.29) is 38.8 Å². The quantitative estimate of drug-likeness (QED) is 0.149. The molecule has 7 rings (SSSR count). The molecule has 10 atom stereocenters. The van der Waals surface area contributed by atoms with Crippen LogP contribution in [0.4, 0.5) is 16.2 Å². The van der Waals surface area contributed by atoms with Crippen molar-refractivity contribution >= 4 is 83.6 Å². The van der Waals surface area contributed by atoms with E-state index in [1.54, 1.807) is 0 Å². The number of fused-ring (bicyclic) bond motifs is 5. The van der Waals surface area contributed by atoms with Crippen molar-refractivity contribution in [2.45, 2.75) is 49.0 Å². The van der Waals surface area contributed by atoms with E-state index in [0.717, 1.165) is 11.5 Å². The van der Waals surface area contributed by atoms with Gasteiger partial charge in [0.05, 0.1) is 24.4 Å². The first-order valence-corrected chi connectivity index (χ1v) is 19.4. The van der Waals surface area contributed by atoms with Crippen molar-refractivity contribution < 1.29 is 45.8 Å². The van der Waals surface area contributed by atoms with Crippen LogP contribution in [0.3, 0.4) is 0 Å². The number of methoxy groups -OCH3 is 1. The predicted octanol–water partition coefficient (Wildman–Crippen LogP) is 1.97. The summed E-state index contributed by atoms with van der Waals surface area (Å²) in [6.07, 6.45) is -8.39. The molecule has 0 aromatic carbocycles. The third-order valence-corrected chi connectivity index (χ3v) is 11.6. The Kier molecular flexibility index (Phi) is 8.43. The Morgan fingerprint density at radius 2 is 1.76 bits per heavy atom. The van der Waals surface area contributed by atoms with Crippen molar-refractivity contribution in [2.75, 3.05) is 31.8 Å². The Morgan fingerprint density at radius 3 is 2.50 bits per heavy atom. The number of H-pyrrole nitrogens is 1. The molecular weight excluding hydrogens is 715 g/mol. The third-order valence-electron chi connectivity index (χ3n) is 7.46. The number of ether oxygens (including phenoxy) is 3. The molecule has 3 fully saturated rings. The molecule has 25 heteroatoms. The summed E-state index contributed by atoms with van der Waals surface area (Å²) in [5.74, 6) is -0.117. The molecule has 3 saturated heterocycles. The molecule has 3 aliphatic heterocycles. The van der Waals surface area contributed by atoms with Gasteiger partial charge in [-0.15, -0.1) is 0 Å². The molecular formula is C21H24FN9O10P2S3. The molecule has 0 spiro atoms. The van der Waals surface area contributed by atoms with E-state index in [1.165, 1.54) is 24.3 Å². The molecule has 5 N–H and O–H groups in total. The molecule has 7 heterocycles. The van der Waals surface area contributed by atoms with Crippen LogP contribution < -0.4 is 17.0 Å². The van der Waals surface area contributed by atoms with Gasteiger partial charge < -0.3 is 25.7 Å². The average molecular weight is 740 g/mol. The van der Waals surface area contributed by atoms with Crippen molar-refractivity contribution in [1.29, 1.82) is 0 Å². The van der Waals surface area contributed by atoms with Gasteiger partial charge in [0, 0.05) is 7.11 Å². The summed E-state index contributed by atoms with van der Waals surface area (Å²) in [5.41, 5.74) is 11.5. The number of alkyl halides is 1. The van der Waals surface area contributed by atoms with Crippen LogP contribution in [0.25, 0.3) is 22.2 Å². The zero-order valence-corrected chi connectivity index (χ0v) is 27.6. The minimum Gasteiger partial charge on any atom is -0.382 e. The number of nitrogen functional groups attached to an aromatic ring is 2. The van der Waals surface area contributed by atoms with Gasteiger partial charge in [-0.2, -0.15) is 4.37 Å². The summed E-state index contributed by atoms with van der Waals surface area (Å²) in [6.45, 7) is -9.77. The maximum absolute atomic E-state index is 16.1. The van der Waals surface area contributed by atoms with Crippen molar-refractivity contribution in [3.63, 3.8) is 0 Å². The number of nitrogens with two attached hydrogens (primary N) is 2. The molecule has 0 saturated carbocycles. The van der Waals surface area contributed by atoms with Gasteiger partial charge in [0.25, 0.3) is 5.56 Å². The van der Waals surface area contributed by atoms with Crippen LogP contribution >= 0.6 is 49.6 Å². The smallest absolute Gasteiger partial charge is 0.382 e. The minimum absolute atomic E-state index is 0.0160. The number of anilines is 2. The highest BCUT2D eigenvalue weighted by atomic mass is 32.7. The molecule has 0 aliphatic carbocycles. The Bertz CT molecular complexity index is 1970. The highest BCUT2D eigenvalue weighted by Gasteiger charge is 2.54. The fourth-order valence-corrected chi connectivity index (χ4v) is 9.30. The number of nitrogens with one attached hydrogen (secondary N) is 1. The van der Waals surface area contributed by atoms with E-state index in [0.29, 0.717) is 0 Å². The van der Waals surface area contributed by atoms with Gasteiger partial charge in [-0.05, 0) is 11.5 Å². The summed E-state index contributed by atoms with van der Waals surface area (Å²) < 4.78 is 88.9. The third kappa shape index (κ3) is 5.75. The van der Waals surface area contributed by atoms with Gasteiger partial charge in [0.2, 0.25) is 5.95 Å². The Morgan fingerprint density at radius 1 is 1.04 bits per heavy atom. The fraction of sp³-hybridized carbons (Fsp3) is 0.524. The summed E-state index contributed by atoms with van der Waals surface area (Å²) in [6, 6.07) is 0. The van der Waals surface area contributed by atoms with Crippen molar-refractivity contribution in [3.8, 4) is 0 Å². The molecule has 3 aliphatic rings. The van der Waals surface area contributed by atoms with Crippen LogP contribution in [0.2, 0.25) is 0 Å². The van der Waals surface area contributed by atoms with Gasteiger partial charge in [0.1, 0.15) is 54.0 Å². The SMILES string of the molecule is CO[C@H]1[C@H]2OP(=O)(S)OC[C@H]3O[C@@H](n4cnc5c(N)ncnc54)[C@H](F)[C@@H]3O[P@@](=O)(S)OC[C@H]1O[C@H]2c1snc2c(=O)[nH]c(N)nc12. The zero-order chi connectivity index (χ0) is 32.5. The number of nitrogens with zero attached hydrogens (tertiary/aromatic N) is 6. The van der Waals surface area contributed by atoms with Gasteiger partial charge in [-0.3, -0.25) is 32.4 Å². The van der Waals surface area contributed by atoms with Crippen molar-refractivity contribution in [1.82, 2.24) is 33.9 Å². The van der Waals surface area contributed by atoms with Crippen LogP contribution in [-0.2, 0) is 41.4 Å². The molecule has 4 aromatic heterocycles. The number of rotatable bonds is 3. The first-order valence-electron chi connectivity index (χ1n) is 13.2. The first-order chi connectivity index (χ1) is 21.9. The lowest BCUT2D eigenvalue weighted by atomic mass is 10.1. The monoisotopic (exact) mass is 739 g/mol. The molecule has 248 valence electrons. The van der Waals surface area contributed by atoms with Crippen LogP contribution in [0.5, 0.6) is 0 Å². The highest BCUT2D eigenvalue weighted by molar-refractivity contribution is 8.44. The lowest BCUT2D eigenvalue weighted by molar-refractivity contribution is -0.0453. The van der Waals surface area contributed by atoms with Crippen LogP contribution in [0.1, 0.15) is 17.2 Å². The number of aromatic nitrogens is 7. The van der Waals surface area contributed by atoms with Crippen molar-refractivity contribution in [3.05, 3.63) is 27.9 Å². The number of aromatic amines is 1. The molecule has 2 bridgehead atoms. The Hall–Kier alpha value is -2.27. The van der Waals surface area contributed by atoms with Crippen LogP contribution in [0.15, 0.2) is 17.4 Å². The van der Waals surface area contributed by atoms with Crippen LogP contribution in [0, 0.1) is 0 Å². The van der Waals surface area contributed by atoms with Gasteiger partial charge in [0.15, 0.2) is 29.4 Å². The second-order valence-corrected chi connectivity index (χ2v) is 16.8. The zero-order valence-electron chi connectivity index (χ0n) is 23.2. The van der Waals surface area contributed by atoms with E-state index in [1.807, 2.05) is 0 Å². The molecule has 1 unspecified atom stereocenters. The largest absolute Gasteiger partial charge is 0.386 e. The summed E-state index contributed by atoms with van der Waals surface area (Å²) in [7, 11) is 1.33. The number of imidazole rings is 1. The maximum atomic E-state index is 16.1. The van der Waals surface area contributed by atoms with E-state index in [2.05, 4.69) is 53.8 Å². The summed E-state index contributed by atoms with van der Waals surface area (Å²) >= 11 is 9.09. The average Bonchev–Trinajstić information content (AvgIpc) is 3.75. The van der Waals surface area contributed by atoms with Crippen molar-refractivity contribution in [2.24, 2.45) is 0 Å². The highest BCUT2D eigenvalue weighted by Crippen LogP contribution is 2.61. The second-order valence-electron chi connectivity index (χ2n) is 10.3. The standard InChI is InChI=1S/C21H24FN9O10P2S3/c1-35-13-7-3-37-42(33,44)40-12-6(39-20(8(12)22)31-5-27-11-17(23)25-4-26-18(11)31)2-36-43(34,45)41-14(13)15(38-7)16-9-10(30-46-16)19(32)29-21(24)28-9/h4-8,12-15,20H,2-3H2,1H3,(H,33,44)(H,34,45)(H2,23,25,26)(H3,24,28,29,32)/t6-,7-,8-,12-,13-,14-,15-,20-,42+,43?/m1/s1. The van der Waals surface area contributed by atoms with E-state index in [9.17, 15) is 13.9 Å². The first kappa shape index (κ1) is 32.3. The van der Waals surface area contributed by atoms with Gasteiger partial charge in [-0.1, -0.05) is 24.5 Å². The Balaban J connectivity index is 1.22. The fourth-order valence-electron chi connectivity index (χ4n) is 5.48. The number of thiol groups is 2. The molecule has 19 nitrogen and oxygen atoms in total.